The van der Waals surface area contributed by atoms with E-state index in [4.69, 9.17) is 4.98 Å². The lowest BCUT2D eigenvalue weighted by Gasteiger charge is -2.32. The van der Waals surface area contributed by atoms with Gasteiger partial charge in [0.25, 0.3) is 0 Å². The van der Waals surface area contributed by atoms with Crippen LogP contribution in [-0.2, 0) is 13.0 Å². The molecule has 126 valence electrons. The van der Waals surface area contributed by atoms with E-state index in [0.29, 0.717) is 6.04 Å². The van der Waals surface area contributed by atoms with Gasteiger partial charge in [-0.2, -0.15) is 0 Å². The number of aromatic nitrogens is 2. The topological polar surface area (TPSA) is 41.0 Å². The standard InChI is InChI=1S/C18H22N4S2/c1-2-13-12-23-17(20-13)11-19-14-7-9-22(10-8-14)18-21-15-5-3-4-6-16(15)24-18/h3-6,12,14,19H,2,7-11H2,1H3. The molecule has 0 bridgehead atoms. The monoisotopic (exact) mass is 358 g/mol. The van der Waals surface area contributed by atoms with Crippen LogP contribution in [0.2, 0.25) is 0 Å². The molecule has 4 nitrogen and oxygen atoms in total. The molecule has 1 aromatic carbocycles. The first-order valence-electron chi connectivity index (χ1n) is 8.59. The van der Waals surface area contributed by atoms with E-state index in [1.165, 1.54) is 33.4 Å². The molecule has 6 heteroatoms. The van der Waals surface area contributed by atoms with Gasteiger partial charge in [0.2, 0.25) is 0 Å². The fourth-order valence-electron chi connectivity index (χ4n) is 3.09. The van der Waals surface area contributed by atoms with Crippen molar-refractivity contribution >= 4 is 38.0 Å². The van der Waals surface area contributed by atoms with E-state index >= 15 is 0 Å². The number of nitrogens with zero attached hydrogens (tertiary/aromatic N) is 3. The minimum atomic E-state index is 0.588. The fraction of sp³-hybridized carbons (Fsp3) is 0.444. The predicted molar refractivity (Wildman–Crippen MR) is 103 cm³/mol. The van der Waals surface area contributed by atoms with Crippen molar-refractivity contribution in [2.75, 3.05) is 18.0 Å². The maximum absolute atomic E-state index is 4.78. The van der Waals surface area contributed by atoms with Crippen molar-refractivity contribution in [2.24, 2.45) is 0 Å². The van der Waals surface area contributed by atoms with Gasteiger partial charge in [-0.3, -0.25) is 0 Å². The maximum Gasteiger partial charge on any atom is 0.186 e. The van der Waals surface area contributed by atoms with E-state index in [0.717, 1.165) is 31.6 Å². The average Bonchev–Trinajstić information content (AvgIpc) is 3.27. The smallest absolute Gasteiger partial charge is 0.186 e. The molecular formula is C18H22N4S2. The van der Waals surface area contributed by atoms with Gasteiger partial charge in [0.05, 0.1) is 15.9 Å². The van der Waals surface area contributed by atoms with Crippen molar-refractivity contribution in [3.63, 3.8) is 0 Å². The molecule has 4 rings (SSSR count). The van der Waals surface area contributed by atoms with E-state index < -0.39 is 0 Å². The SMILES string of the molecule is CCc1csc(CNC2CCN(c3nc4ccccc4s3)CC2)n1. The summed E-state index contributed by atoms with van der Waals surface area (Å²) < 4.78 is 1.28. The number of nitrogens with one attached hydrogen (secondary N) is 1. The van der Waals surface area contributed by atoms with E-state index in [-0.39, 0.29) is 0 Å². The average molecular weight is 359 g/mol. The molecule has 3 heterocycles. The van der Waals surface area contributed by atoms with Crippen LogP contribution in [0.4, 0.5) is 5.13 Å². The summed E-state index contributed by atoms with van der Waals surface area (Å²) in [6, 6.07) is 8.99. The molecule has 0 radical (unpaired) electrons. The van der Waals surface area contributed by atoms with Crippen molar-refractivity contribution in [3.05, 3.63) is 40.3 Å². The molecule has 1 N–H and O–H groups in total. The number of rotatable bonds is 5. The van der Waals surface area contributed by atoms with Crippen molar-refractivity contribution in [2.45, 2.75) is 38.8 Å². The molecule has 0 saturated carbocycles. The molecule has 1 aliphatic rings. The highest BCUT2D eigenvalue weighted by Gasteiger charge is 2.21. The highest BCUT2D eigenvalue weighted by molar-refractivity contribution is 7.22. The Morgan fingerprint density at radius 1 is 1.21 bits per heavy atom. The van der Waals surface area contributed by atoms with Crippen LogP contribution in [0.15, 0.2) is 29.6 Å². The zero-order valence-electron chi connectivity index (χ0n) is 13.9. The molecule has 1 fully saturated rings. The molecule has 1 aliphatic heterocycles. The Bertz CT molecular complexity index is 769. The van der Waals surface area contributed by atoms with Gasteiger partial charge in [-0.15, -0.1) is 11.3 Å². The van der Waals surface area contributed by atoms with Gasteiger partial charge >= 0.3 is 0 Å². The normalized spacial score (nSPS) is 16.1. The molecule has 1 saturated heterocycles. The molecule has 0 spiro atoms. The minimum absolute atomic E-state index is 0.588. The van der Waals surface area contributed by atoms with Crippen LogP contribution in [0.25, 0.3) is 10.2 Å². The molecule has 2 aromatic heterocycles. The highest BCUT2D eigenvalue weighted by atomic mass is 32.1. The van der Waals surface area contributed by atoms with E-state index in [2.05, 4.69) is 51.8 Å². The van der Waals surface area contributed by atoms with Crippen molar-refractivity contribution in [1.82, 2.24) is 15.3 Å². The first-order chi connectivity index (χ1) is 11.8. The fourth-order valence-corrected chi connectivity index (χ4v) is 4.94. The minimum Gasteiger partial charge on any atom is -0.348 e. The zero-order valence-corrected chi connectivity index (χ0v) is 15.5. The van der Waals surface area contributed by atoms with Crippen molar-refractivity contribution in [1.29, 1.82) is 0 Å². The van der Waals surface area contributed by atoms with Crippen molar-refractivity contribution in [3.8, 4) is 0 Å². The molecule has 0 unspecified atom stereocenters. The summed E-state index contributed by atoms with van der Waals surface area (Å²) in [6.07, 6.45) is 3.36. The molecule has 24 heavy (non-hydrogen) atoms. The Balaban J connectivity index is 1.31. The van der Waals surface area contributed by atoms with Gasteiger partial charge in [-0.25, -0.2) is 9.97 Å². The summed E-state index contributed by atoms with van der Waals surface area (Å²) >= 11 is 3.58. The molecule has 0 aliphatic carbocycles. The lowest BCUT2D eigenvalue weighted by molar-refractivity contribution is 0.413. The van der Waals surface area contributed by atoms with Gasteiger partial charge in [-0.05, 0) is 31.4 Å². The number of aryl methyl sites for hydroxylation is 1. The molecular weight excluding hydrogens is 336 g/mol. The third-order valence-electron chi connectivity index (χ3n) is 4.55. The first-order valence-corrected chi connectivity index (χ1v) is 10.3. The Hall–Kier alpha value is -1.50. The van der Waals surface area contributed by atoms with E-state index in [9.17, 15) is 0 Å². The van der Waals surface area contributed by atoms with Crippen LogP contribution in [0.3, 0.4) is 0 Å². The lowest BCUT2D eigenvalue weighted by atomic mass is 10.1. The summed E-state index contributed by atoms with van der Waals surface area (Å²) in [7, 11) is 0. The largest absolute Gasteiger partial charge is 0.348 e. The Morgan fingerprint density at radius 3 is 2.79 bits per heavy atom. The number of anilines is 1. The second-order valence-corrected chi connectivity index (χ2v) is 8.14. The van der Waals surface area contributed by atoms with E-state index in [1.54, 1.807) is 22.7 Å². The number of para-hydroxylation sites is 1. The second-order valence-electron chi connectivity index (χ2n) is 6.19. The third-order valence-corrected chi connectivity index (χ3v) is 6.55. The van der Waals surface area contributed by atoms with Gasteiger partial charge in [-0.1, -0.05) is 30.4 Å². The number of hydrogen-bond donors (Lipinski definition) is 1. The molecule has 3 aromatic rings. The summed E-state index contributed by atoms with van der Waals surface area (Å²) in [5, 5.41) is 8.23. The molecule has 0 atom stereocenters. The first kappa shape index (κ1) is 16.0. The summed E-state index contributed by atoms with van der Waals surface area (Å²) in [6.45, 7) is 5.21. The van der Waals surface area contributed by atoms with Gasteiger partial charge in [0, 0.05) is 31.1 Å². The van der Waals surface area contributed by atoms with Crippen LogP contribution >= 0.6 is 22.7 Å². The second kappa shape index (κ2) is 7.17. The van der Waals surface area contributed by atoms with Crippen LogP contribution in [0, 0.1) is 0 Å². The number of fused-ring (bicyclic) bond motifs is 1. The number of hydrogen-bond acceptors (Lipinski definition) is 6. The molecule has 0 amide bonds. The quantitative estimate of drug-likeness (QED) is 0.746. The Morgan fingerprint density at radius 2 is 2.04 bits per heavy atom. The van der Waals surface area contributed by atoms with Gasteiger partial charge < -0.3 is 10.2 Å². The highest BCUT2D eigenvalue weighted by Crippen LogP contribution is 2.30. The van der Waals surface area contributed by atoms with Crippen LogP contribution < -0.4 is 10.2 Å². The summed E-state index contributed by atoms with van der Waals surface area (Å²) in [5.41, 5.74) is 2.33. The third kappa shape index (κ3) is 3.45. The Kier molecular flexibility index (Phi) is 4.78. The number of piperidine rings is 1. The lowest BCUT2D eigenvalue weighted by Crippen LogP contribution is -2.42. The van der Waals surface area contributed by atoms with Gasteiger partial charge in [0.1, 0.15) is 5.01 Å². The van der Waals surface area contributed by atoms with Crippen molar-refractivity contribution < 1.29 is 0 Å². The zero-order chi connectivity index (χ0) is 16.4. The van der Waals surface area contributed by atoms with Gasteiger partial charge in [0.15, 0.2) is 5.13 Å². The van der Waals surface area contributed by atoms with E-state index in [1.807, 2.05) is 0 Å². The van der Waals surface area contributed by atoms with Crippen LogP contribution in [0.1, 0.15) is 30.5 Å². The summed E-state index contributed by atoms with van der Waals surface area (Å²) in [5.74, 6) is 0. The van der Waals surface area contributed by atoms with Crippen LogP contribution in [0.5, 0.6) is 0 Å². The summed E-state index contributed by atoms with van der Waals surface area (Å²) in [4.78, 5) is 11.9. The number of thiazole rings is 2. The Labute approximate surface area is 150 Å². The maximum atomic E-state index is 4.78. The predicted octanol–water partition coefficient (Wildman–Crippen LogP) is 4.07. The number of benzene rings is 1. The van der Waals surface area contributed by atoms with Crippen LogP contribution in [-0.4, -0.2) is 29.1 Å².